The molecule has 0 aliphatic heterocycles. The van der Waals surface area contributed by atoms with Crippen LogP contribution < -0.4 is 10.2 Å². The van der Waals surface area contributed by atoms with Gasteiger partial charge in [-0.15, -0.1) is 0 Å². The minimum absolute atomic E-state index is 0.225. The number of rotatable bonds is 4. The summed E-state index contributed by atoms with van der Waals surface area (Å²) in [5.41, 5.74) is 1.82. The van der Waals surface area contributed by atoms with Crippen LogP contribution >= 0.6 is 0 Å². The second-order valence-corrected chi connectivity index (χ2v) is 5.74. The van der Waals surface area contributed by atoms with Crippen LogP contribution in [0.15, 0.2) is 78.9 Å². The van der Waals surface area contributed by atoms with Crippen molar-refractivity contribution in [1.82, 2.24) is 0 Å². The Morgan fingerprint density at radius 2 is 1.54 bits per heavy atom. The van der Waals surface area contributed by atoms with E-state index in [9.17, 15) is 14.0 Å². The fraction of sp³-hybridized carbons (Fsp3) is 0.0476. The van der Waals surface area contributed by atoms with Gasteiger partial charge in [-0.1, -0.05) is 30.3 Å². The molecule has 3 rings (SSSR count). The number of hydrogen-bond acceptors (Lipinski definition) is 2. The molecule has 1 N–H and O–H groups in total. The highest BCUT2D eigenvalue weighted by Crippen LogP contribution is 2.17. The normalized spacial score (nSPS) is 10.2. The van der Waals surface area contributed by atoms with Crippen LogP contribution in [0.4, 0.5) is 15.8 Å². The third-order valence-corrected chi connectivity index (χ3v) is 3.90. The van der Waals surface area contributed by atoms with E-state index in [0.717, 1.165) is 5.69 Å². The average Bonchev–Trinajstić information content (AvgIpc) is 2.67. The van der Waals surface area contributed by atoms with Crippen molar-refractivity contribution in [2.75, 3.05) is 17.3 Å². The van der Waals surface area contributed by atoms with Crippen LogP contribution in [0.5, 0.6) is 0 Å². The lowest BCUT2D eigenvalue weighted by Crippen LogP contribution is -2.26. The van der Waals surface area contributed by atoms with Crippen molar-refractivity contribution in [3.63, 3.8) is 0 Å². The maximum absolute atomic E-state index is 13.2. The molecule has 3 aromatic carbocycles. The summed E-state index contributed by atoms with van der Waals surface area (Å²) in [6.45, 7) is 0. The van der Waals surface area contributed by atoms with E-state index in [1.54, 1.807) is 31.3 Å². The predicted octanol–water partition coefficient (Wildman–Crippen LogP) is 4.35. The first-order chi connectivity index (χ1) is 12.5. The summed E-state index contributed by atoms with van der Waals surface area (Å²) in [6, 6.07) is 21.3. The topological polar surface area (TPSA) is 49.4 Å². The third-order valence-electron chi connectivity index (χ3n) is 3.90. The summed E-state index contributed by atoms with van der Waals surface area (Å²) in [5.74, 6) is -1.07. The van der Waals surface area contributed by atoms with E-state index in [1.165, 1.54) is 29.2 Å². The largest absolute Gasteiger partial charge is 0.322 e. The Balaban J connectivity index is 1.79. The summed E-state index contributed by atoms with van der Waals surface area (Å²) >= 11 is 0. The van der Waals surface area contributed by atoms with E-state index in [-0.39, 0.29) is 5.91 Å². The van der Waals surface area contributed by atoms with E-state index >= 15 is 0 Å². The molecule has 0 aliphatic carbocycles. The van der Waals surface area contributed by atoms with Crippen LogP contribution in [-0.4, -0.2) is 18.9 Å². The molecular formula is C21H17FN2O2. The van der Waals surface area contributed by atoms with Crippen LogP contribution in [0, 0.1) is 5.82 Å². The van der Waals surface area contributed by atoms with Gasteiger partial charge in [0.05, 0.1) is 0 Å². The zero-order valence-electron chi connectivity index (χ0n) is 14.1. The zero-order valence-corrected chi connectivity index (χ0v) is 14.1. The van der Waals surface area contributed by atoms with E-state index < -0.39 is 11.7 Å². The number of para-hydroxylation sites is 1. The van der Waals surface area contributed by atoms with Crippen LogP contribution in [0.25, 0.3) is 0 Å². The van der Waals surface area contributed by atoms with Gasteiger partial charge < -0.3 is 10.2 Å². The first kappa shape index (κ1) is 17.4. The van der Waals surface area contributed by atoms with Crippen molar-refractivity contribution >= 4 is 23.2 Å². The Morgan fingerprint density at radius 1 is 0.846 bits per heavy atom. The second-order valence-electron chi connectivity index (χ2n) is 5.74. The number of nitrogens with zero attached hydrogens (tertiary/aromatic N) is 1. The van der Waals surface area contributed by atoms with Gasteiger partial charge in [0.15, 0.2) is 0 Å². The van der Waals surface area contributed by atoms with Gasteiger partial charge in [-0.25, -0.2) is 4.39 Å². The number of carbonyl (C=O) groups excluding carboxylic acids is 2. The van der Waals surface area contributed by atoms with Crippen LogP contribution in [-0.2, 0) is 0 Å². The van der Waals surface area contributed by atoms with Crippen LogP contribution in [0.2, 0.25) is 0 Å². The number of nitrogens with one attached hydrogen (secondary N) is 1. The number of halogens is 1. The summed E-state index contributed by atoms with van der Waals surface area (Å²) in [4.78, 5) is 26.6. The number of carbonyl (C=O) groups is 2. The average molecular weight is 348 g/mol. The highest BCUT2D eigenvalue weighted by Gasteiger charge is 2.15. The predicted molar refractivity (Wildman–Crippen MR) is 100.0 cm³/mol. The molecule has 0 aliphatic rings. The molecule has 0 bridgehead atoms. The van der Waals surface area contributed by atoms with Gasteiger partial charge in [-0.3, -0.25) is 9.59 Å². The first-order valence-electron chi connectivity index (χ1n) is 8.05. The van der Waals surface area contributed by atoms with Gasteiger partial charge in [0.1, 0.15) is 5.82 Å². The monoisotopic (exact) mass is 348 g/mol. The summed E-state index contributed by atoms with van der Waals surface area (Å²) in [6.07, 6.45) is 0. The minimum Gasteiger partial charge on any atom is -0.322 e. The van der Waals surface area contributed by atoms with Gasteiger partial charge >= 0.3 is 0 Å². The number of hydrogen-bond donors (Lipinski definition) is 1. The van der Waals surface area contributed by atoms with E-state index in [2.05, 4.69) is 5.32 Å². The molecule has 0 saturated heterocycles. The minimum atomic E-state index is -0.434. The standard InChI is InChI=1S/C21H17FN2O2/c1-24(19-11-3-2-4-12-19)21(26)16-8-5-7-15(13-16)20(25)23-18-10-6-9-17(22)14-18/h2-14H,1H3,(H,23,25). The molecule has 2 amide bonds. The molecule has 4 nitrogen and oxygen atoms in total. The number of anilines is 2. The highest BCUT2D eigenvalue weighted by atomic mass is 19.1. The molecule has 5 heteroatoms. The second kappa shape index (κ2) is 7.61. The van der Waals surface area contributed by atoms with Crippen molar-refractivity contribution in [2.45, 2.75) is 0 Å². The van der Waals surface area contributed by atoms with Crippen molar-refractivity contribution in [1.29, 1.82) is 0 Å². The lowest BCUT2D eigenvalue weighted by molar-refractivity contribution is 0.0993. The molecule has 0 atom stereocenters. The molecule has 0 fully saturated rings. The van der Waals surface area contributed by atoms with Gasteiger partial charge in [-0.2, -0.15) is 0 Å². The Kier molecular flexibility index (Phi) is 5.08. The molecule has 0 aromatic heterocycles. The van der Waals surface area contributed by atoms with E-state index in [1.807, 2.05) is 30.3 Å². The molecule has 0 saturated carbocycles. The molecule has 0 spiro atoms. The lowest BCUT2D eigenvalue weighted by atomic mass is 10.1. The Hall–Kier alpha value is -3.47. The van der Waals surface area contributed by atoms with Gasteiger partial charge in [0.25, 0.3) is 11.8 Å². The summed E-state index contributed by atoms with van der Waals surface area (Å²) in [7, 11) is 1.68. The van der Waals surface area contributed by atoms with Crippen molar-refractivity contribution in [3.8, 4) is 0 Å². The smallest absolute Gasteiger partial charge is 0.258 e. The quantitative estimate of drug-likeness (QED) is 0.762. The van der Waals surface area contributed by atoms with Crippen LogP contribution in [0.1, 0.15) is 20.7 Å². The van der Waals surface area contributed by atoms with E-state index in [4.69, 9.17) is 0 Å². The zero-order chi connectivity index (χ0) is 18.5. The number of benzene rings is 3. The molecular weight excluding hydrogens is 331 g/mol. The SMILES string of the molecule is CN(C(=O)c1cccc(C(=O)Nc2cccc(F)c2)c1)c1ccccc1. The third kappa shape index (κ3) is 3.95. The lowest BCUT2D eigenvalue weighted by Gasteiger charge is -2.17. The molecule has 26 heavy (non-hydrogen) atoms. The fourth-order valence-electron chi connectivity index (χ4n) is 2.53. The highest BCUT2D eigenvalue weighted by molar-refractivity contribution is 6.09. The van der Waals surface area contributed by atoms with Crippen molar-refractivity contribution < 1.29 is 14.0 Å². The van der Waals surface area contributed by atoms with Crippen LogP contribution in [0.3, 0.4) is 0 Å². The molecule has 130 valence electrons. The summed E-state index contributed by atoms with van der Waals surface area (Å²) < 4.78 is 13.2. The number of amides is 2. The molecule has 3 aromatic rings. The van der Waals surface area contributed by atoms with Crippen molar-refractivity contribution in [3.05, 3.63) is 95.8 Å². The fourth-order valence-corrected chi connectivity index (χ4v) is 2.53. The van der Waals surface area contributed by atoms with Gasteiger partial charge in [0, 0.05) is 29.5 Å². The molecule has 0 unspecified atom stereocenters. The van der Waals surface area contributed by atoms with Gasteiger partial charge in [0.2, 0.25) is 0 Å². The molecule has 0 heterocycles. The van der Waals surface area contributed by atoms with E-state index in [0.29, 0.717) is 16.8 Å². The van der Waals surface area contributed by atoms with Gasteiger partial charge in [-0.05, 0) is 48.5 Å². The Morgan fingerprint density at radius 3 is 2.27 bits per heavy atom. The first-order valence-corrected chi connectivity index (χ1v) is 8.05. The maximum atomic E-state index is 13.2. The molecule has 0 radical (unpaired) electrons. The Bertz CT molecular complexity index is 942. The Labute approximate surface area is 150 Å². The van der Waals surface area contributed by atoms with Crippen molar-refractivity contribution in [2.24, 2.45) is 0 Å². The summed E-state index contributed by atoms with van der Waals surface area (Å²) in [5, 5.41) is 2.62. The maximum Gasteiger partial charge on any atom is 0.258 e.